The number of nitrogens with one attached hydrogen (secondary N) is 2. The number of nitrogens with zero attached hydrogens (tertiary/aromatic N) is 2. The predicted molar refractivity (Wildman–Crippen MR) is 93.1 cm³/mol. The summed E-state index contributed by atoms with van der Waals surface area (Å²) in [4.78, 5) is 20.3. The molecule has 0 fully saturated rings. The highest BCUT2D eigenvalue weighted by Gasteiger charge is 2.09. The van der Waals surface area contributed by atoms with Gasteiger partial charge in [-0.2, -0.15) is 0 Å². The molecular formula is C17H22N4O4. The van der Waals surface area contributed by atoms with Gasteiger partial charge in [-0.25, -0.2) is 9.97 Å². The van der Waals surface area contributed by atoms with Crippen molar-refractivity contribution in [2.75, 3.05) is 39.8 Å². The van der Waals surface area contributed by atoms with Crippen molar-refractivity contribution < 1.29 is 19.0 Å². The van der Waals surface area contributed by atoms with Crippen LogP contribution in [0.4, 0.5) is 5.95 Å². The maximum absolute atomic E-state index is 12.0. The Hall–Kier alpha value is -2.87. The van der Waals surface area contributed by atoms with Gasteiger partial charge < -0.3 is 24.8 Å². The Morgan fingerprint density at radius 3 is 2.64 bits per heavy atom. The third kappa shape index (κ3) is 5.32. The summed E-state index contributed by atoms with van der Waals surface area (Å²) in [7, 11) is 4.75. The van der Waals surface area contributed by atoms with Crippen LogP contribution in [-0.4, -0.2) is 50.4 Å². The average molecular weight is 346 g/mol. The van der Waals surface area contributed by atoms with Gasteiger partial charge in [0.05, 0.1) is 20.8 Å². The number of rotatable bonds is 9. The molecule has 0 radical (unpaired) electrons. The van der Waals surface area contributed by atoms with Crippen molar-refractivity contribution in [3.63, 3.8) is 0 Å². The summed E-state index contributed by atoms with van der Waals surface area (Å²) in [6, 6.07) is 7.17. The third-order valence-electron chi connectivity index (χ3n) is 3.38. The second kappa shape index (κ2) is 9.43. The van der Waals surface area contributed by atoms with Crippen LogP contribution in [0.25, 0.3) is 0 Å². The first kappa shape index (κ1) is 18.5. The lowest BCUT2D eigenvalue weighted by Crippen LogP contribution is -2.28. The Kier molecular flexibility index (Phi) is 6.97. The fraction of sp³-hybridized carbons (Fsp3) is 0.353. The van der Waals surface area contributed by atoms with Crippen molar-refractivity contribution in [3.8, 4) is 11.5 Å². The number of anilines is 1. The van der Waals surface area contributed by atoms with Crippen LogP contribution in [-0.2, 0) is 11.3 Å². The monoisotopic (exact) mass is 346 g/mol. The predicted octanol–water partition coefficient (Wildman–Crippen LogP) is 1.48. The highest BCUT2D eigenvalue weighted by atomic mass is 16.5. The smallest absolute Gasteiger partial charge is 0.270 e. The fourth-order valence-corrected chi connectivity index (χ4v) is 2.10. The van der Waals surface area contributed by atoms with Gasteiger partial charge in [0.15, 0.2) is 11.5 Å². The zero-order valence-corrected chi connectivity index (χ0v) is 14.5. The van der Waals surface area contributed by atoms with Gasteiger partial charge in [0, 0.05) is 26.4 Å². The van der Waals surface area contributed by atoms with Crippen LogP contribution in [0.15, 0.2) is 30.5 Å². The lowest BCUT2D eigenvalue weighted by molar-refractivity contribution is 0.0932. The Labute approximate surface area is 146 Å². The molecule has 8 heteroatoms. The minimum atomic E-state index is -0.270. The number of carbonyl (C=O) groups excluding carboxylic acids is 1. The van der Waals surface area contributed by atoms with Crippen molar-refractivity contribution in [2.45, 2.75) is 6.54 Å². The molecule has 134 valence electrons. The quantitative estimate of drug-likeness (QED) is 0.664. The summed E-state index contributed by atoms with van der Waals surface area (Å²) < 4.78 is 15.4. The standard InChI is InChI=1S/C17H22N4O4/c1-23-9-8-18-16(22)13-6-7-19-17(21-13)20-11-12-4-5-14(24-2)15(10-12)25-3/h4-7,10H,8-9,11H2,1-3H3,(H,18,22)(H,19,20,21). The molecule has 2 aromatic rings. The molecule has 0 saturated heterocycles. The number of carbonyl (C=O) groups is 1. The number of hydrogen-bond acceptors (Lipinski definition) is 7. The first-order valence-electron chi connectivity index (χ1n) is 7.73. The third-order valence-corrected chi connectivity index (χ3v) is 3.38. The highest BCUT2D eigenvalue weighted by molar-refractivity contribution is 5.92. The van der Waals surface area contributed by atoms with E-state index in [1.807, 2.05) is 18.2 Å². The normalized spacial score (nSPS) is 10.2. The largest absolute Gasteiger partial charge is 0.493 e. The van der Waals surface area contributed by atoms with Gasteiger partial charge in [-0.05, 0) is 23.8 Å². The fourth-order valence-electron chi connectivity index (χ4n) is 2.10. The van der Waals surface area contributed by atoms with E-state index in [0.717, 1.165) is 5.56 Å². The summed E-state index contributed by atoms with van der Waals surface area (Å²) >= 11 is 0. The van der Waals surface area contributed by atoms with Crippen LogP contribution in [0, 0.1) is 0 Å². The van der Waals surface area contributed by atoms with Gasteiger partial charge in [-0.15, -0.1) is 0 Å². The molecule has 0 aliphatic carbocycles. The van der Waals surface area contributed by atoms with Crippen LogP contribution in [0.2, 0.25) is 0 Å². The average Bonchev–Trinajstić information content (AvgIpc) is 2.66. The number of hydrogen-bond donors (Lipinski definition) is 2. The number of ether oxygens (including phenoxy) is 3. The lowest BCUT2D eigenvalue weighted by Gasteiger charge is -2.10. The van der Waals surface area contributed by atoms with E-state index in [0.29, 0.717) is 42.8 Å². The van der Waals surface area contributed by atoms with Gasteiger partial charge in [0.2, 0.25) is 5.95 Å². The minimum absolute atomic E-state index is 0.270. The van der Waals surface area contributed by atoms with Gasteiger partial charge >= 0.3 is 0 Å². The van der Waals surface area contributed by atoms with E-state index in [1.165, 1.54) is 6.20 Å². The van der Waals surface area contributed by atoms with Crippen molar-refractivity contribution >= 4 is 11.9 Å². The van der Waals surface area contributed by atoms with Crippen LogP contribution in [0.5, 0.6) is 11.5 Å². The lowest BCUT2D eigenvalue weighted by atomic mass is 10.2. The molecule has 8 nitrogen and oxygen atoms in total. The second-order valence-corrected chi connectivity index (χ2v) is 5.06. The summed E-state index contributed by atoms with van der Waals surface area (Å²) in [5.41, 5.74) is 1.26. The first-order chi connectivity index (χ1) is 12.2. The zero-order valence-electron chi connectivity index (χ0n) is 14.5. The first-order valence-corrected chi connectivity index (χ1v) is 7.73. The SMILES string of the molecule is COCCNC(=O)c1ccnc(NCc2ccc(OC)c(OC)c2)n1. The van der Waals surface area contributed by atoms with E-state index < -0.39 is 0 Å². The summed E-state index contributed by atoms with van der Waals surface area (Å²) in [5, 5.41) is 5.81. The molecule has 1 aromatic carbocycles. The molecule has 0 aliphatic heterocycles. The van der Waals surface area contributed by atoms with Crippen LogP contribution in [0.3, 0.4) is 0 Å². The Balaban J connectivity index is 1.99. The van der Waals surface area contributed by atoms with Gasteiger partial charge in [0.25, 0.3) is 5.91 Å². The van der Waals surface area contributed by atoms with Crippen LogP contribution in [0.1, 0.15) is 16.1 Å². The second-order valence-electron chi connectivity index (χ2n) is 5.06. The molecule has 2 rings (SSSR count). The van der Waals surface area contributed by atoms with Gasteiger partial charge in [-0.3, -0.25) is 4.79 Å². The molecule has 0 unspecified atom stereocenters. The molecular weight excluding hydrogens is 324 g/mol. The molecule has 0 aliphatic rings. The molecule has 2 N–H and O–H groups in total. The molecule has 1 aromatic heterocycles. The van der Waals surface area contributed by atoms with E-state index in [9.17, 15) is 4.79 Å². The highest BCUT2D eigenvalue weighted by Crippen LogP contribution is 2.27. The summed E-state index contributed by atoms with van der Waals surface area (Å²) in [5.74, 6) is 1.41. The maximum Gasteiger partial charge on any atom is 0.270 e. The van der Waals surface area contributed by atoms with Crippen molar-refractivity contribution in [1.29, 1.82) is 0 Å². The van der Waals surface area contributed by atoms with Gasteiger partial charge in [-0.1, -0.05) is 6.07 Å². The zero-order chi connectivity index (χ0) is 18.1. The number of amides is 1. The van der Waals surface area contributed by atoms with E-state index in [2.05, 4.69) is 20.6 Å². The van der Waals surface area contributed by atoms with E-state index >= 15 is 0 Å². The number of methoxy groups -OCH3 is 3. The molecule has 0 atom stereocenters. The van der Waals surface area contributed by atoms with Crippen molar-refractivity contribution in [2.24, 2.45) is 0 Å². The number of benzene rings is 1. The molecule has 0 spiro atoms. The van der Waals surface area contributed by atoms with Crippen LogP contribution < -0.4 is 20.1 Å². The van der Waals surface area contributed by atoms with Crippen molar-refractivity contribution in [1.82, 2.24) is 15.3 Å². The molecule has 0 saturated carbocycles. The maximum atomic E-state index is 12.0. The summed E-state index contributed by atoms with van der Waals surface area (Å²) in [6.45, 7) is 1.35. The number of aromatic nitrogens is 2. The topological polar surface area (TPSA) is 94.6 Å². The Morgan fingerprint density at radius 2 is 1.92 bits per heavy atom. The molecule has 1 heterocycles. The van der Waals surface area contributed by atoms with E-state index in [4.69, 9.17) is 14.2 Å². The van der Waals surface area contributed by atoms with Gasteiger partial charge in [0.1, 0.15) is 5.69 Å². The molecule has 0 bridgehead atoms. The molecule has 1 amide bonds. The minimum Gasteiger partial charge on any atom is -0.493 e. The van der Waals surface area contributed by atoms with Crippen LogP contribution >= 0.6 is 0 Å². The molecule has 25 heavy (non-hydrogen) atoms. The summed E-state index contributed by atoms with van der Waals surface area (Å²) in [6.07, 6.45) is 1.54. The Morgan fingerprint density at radius 1 is 1.12 bits per heavy atom. The Bertz CT molecular complexity index is 709. The van der Waals surface area contributed by atoms with E-state index in [1.54, 1.807) is 27.4 Å². The van der Waals surface area contributed by atoms with E-state index in [-0.39, 0.29) is 5.91 Å². The van der Waals surface area contributed by atoms with Crippen molar-refractivity contribution in [3.05, 3.63) is 41.7 Å².